The lowest BCUT2D eigenvalue weighted by Gasteiger charge is -2.09. The molecule has 1 heterocycles. The van der Waals surface area contributed by atoms with E-state index in [-0.39, 0.29) is 5.69 Å². The number of hydrogen-bond acceptors (Lipinski definition) is 4. The summed E-state index contributed by atoms with van der Waals surface area (Å²) >= 11 is 0. The first-order valence-electron chi connectivity index (χ1n) is 7.05. The zero-order valence-corrected chi connectivity index (χ0v) is 12.7. The first-order valence-corrected chi connectivity index (χ1v) is 7.05. The van der Waals surface area contributed by atoms with Crippen molar-refractivity contribution in [3.8, 4) is 0 Å². The van der Waals surface area contributed by atoms with Gasteiger partial charge >= 0.3 is 5.97 Å². The van der Waals surface area contributed by atoms with Crippen molar-refractivity contribution in [3.05, 3.63) is 46.9 Å². The van der Waals surface area contributed by atoms with E-state index < -0.39 is 5.97 Å². The molecule has 112 valence electrons. The number of hydrogen-bond donors (Lipinski definition) is 1. The number of nitrogen functional groups attached to an aromatic ring is 1. The van der Waals surface area contributed by atoms with E-state index in [1.54, 1.807) is 0 Å². The molecular weight excluding hydrogens is 266 g/mol. The number of anilines is 1. The van der Waals surface area contributed by atoms with Crippen LogP contribution in [0.3, 0.4) is 0 Å². The summed E-state index contributed by atoms with van der Waals surface area (Å²) < 4.78 is 6.61. The number of aromatic nitrogens is 2. The molecule has 0 aliphatic carbocycles. The molecule has 2 rings (SSSR count). The van der Waals surface area contributed by atoms with Crippen molar-refractivity contribution >= 4 is 11.8 Å². The lowest BCUT2D eigenvalue weighted by atomic mass is 10.1. The lowest BCUT2D eigenvalue weighted by Crippen LogP contribution is -2.10. The molecule has 0 unspecified atom stereocenters. The molecule has 5 heteroatoms. The highest BCUT2D eigenvalue weighted by Crippen LogP contribution is 2.17. The van der Waals surface area contributed by atoms with Gasteiger partial charge in [0, 0.05) is 13.0 Å². The van der Waals surface area contributed by atoms with Crippen molar-refractivity contribution in [3.63, 3.8) is 0 Å². The van der Waals surface area contributed by atoms with Crippen molar-refractivity contribution in [1.29, 1.82) is 0 Å². The molecular formula is C16H21N3O2. The molecule has 0 aliphatic heterocycles. The number of nitrogens with two attached hydrogens (primary N) is 1. The van der Waals surface area contributed by atoms with Gasteiger partial charge in [0.2, 0.25) is 0 Å². The Kier molecular flexibility index (Phi) is 4.62. The van der Waals surface area contributed by atoms with E-state index in [1.807, 2.05) is 17.6 Å². The smallest absolute Gasteiger partial charge is 0.360 e. The fourth-order valence-electron chi connectivity index (χ4n) is 2.39. The molecule has 0 spiro atoms. The van der Waals surface area contributed by atoms with Crippen LogP contribution in [-0.4, -0.2) is 22.6 Å². The topological polar surface area (TPSA) is 70.1 Å². The molecule has 0 saturated heterocycles. The summed E-state index contributed by atoms with van der Waals surface area (Å²) in [5.74, 6) is 0.698. The minimum atomic E-state index is -0.489. The van der Waals surface area contributed by atoms with Gasteiger partial charge in [-0.25, -0.2) is 9.78 Å². The molecule has 2 N–H and O–H groups in total. The summed E-state index contributed by atoms with van der Waals surface area (Å²) in [4.78, 5) is 15.9. The Morgan fingerprint density at radius 3 is 2.81 bits per heavy atom. The minimum Gasteiger partial charge on any atom is -0.464 e. The van der Waals surface area contributed by atoms with Crippen molar-refractivity contribution in [2.24, 2.45) is 0 Å². The molecule has 5 nitrogen and oxygen atoms in total. The van der Waals surface area contributed by atoms with Crippen LogP contribution in [0, 0.1) is 6.92 Å². The van der Waals surface area contributed by atoms with Crippen LogP contribution in [0.2, 0.25) is 0 Å². The van der Waals surface area contributed by atoms with E-state index in [1.165, 1.54) is 18.2 Å². The molecule has 21 heavy (non-hydrogen) atoms. The SMILES string of the molecule is CCc1nc(C(=O)OC)c(N)n1CCc1cccc(C)c1. The second kappa shape index (κ2) is 6.43. The Morgan fingerprint density at radius 2 is 2.19 bits per heavy atom. The largest absolute Gasteiger partial charge is 0.464 e. The quantitative estimate of drug-likeness (QED) is 0.857. The van der Waals surface area contributed by atoms with Gasteiger partial charge in [-0.05, 0) is 18.9 Å². The van der Waals surface area contributed by atoms with E-state index in [2.05, 4.69) is 30.1 Å². The van der Waals surface area contributed by atoms with Crippen LogP contribution in [0.5, 0.6) is 0 Å². The summed E-state index contributed by atoms with van der Waals surface area (Å²) in [7, 11) is 1.33. The van der Waals surface area contributed by atoms with Gasteiger partial charge in [0.15, 0.2) is 5.69 Å². The number of carbonyl (C=O) groups is 1. The molecule has 0 aliphatic rings. The van der Waals surface area contributed by atoms with Crippen LogP contribution in [-0.2, 0) is 24.1 Å². The van der Waals surface area contributed by atoms with Crippen molar-refractivity contribution in [2.45, 2.75) is 33.2 Å². The average molecular weight is 287 g/mol. The number of rotatable bonds is 5. The highest BCUT2D eigenvalue weighted by atomic mass is 16.5. The van der Waals surface area contributed by atoms with Crippen LogP contribution in [0.25, 0.3) is 0 Å². The normalized spacial score (nSPS) is 10.6. The summed E-state index contributed by atoms with van der Waals surface area (Å²) in [6.07, 6.45) is 1.56. The van der Waals surface area contributed by atoms with Gasteiger partial charge in [-0.1, -0.05) is 36.8 Å². The molecule has 0 saturated carbocycles. The van der Waals surface area contributed by atoms with E-state index in [0.717, 1.165) is 18.7 Å². The highest BCUT2D eigenvalue weighted by molar-refractivity contribution is 5.92. The van der Waals surface area contributed by atoms with E-state index in [0.29, 0.717) is 12.4 Å². The van der Waals surface area contributed by atoms with Gasteiger partial charge in [0.05, 0.1) is 7.11 Å². The molecule has 0 radical (unpaired) electrons. The maximum Gasteiger partial charge on any atom is 0.360 e. The average Bonchev–Trinajstić information content (AvgIpc) is 2.80. The van der Waals surface area contributed by atoms with Crippen LogP contribution >= 0.6 is 0 Å². The third-order valence-electron chi connectivity index (χ3n) is 3.49. The van der Waals surface area contributed by atoms with Gasteiger partial charge in [0.25, 0.3) is 0 Å². The van der Waals surface area contributed by atoms with Gasteiger partial charge < -0.3 is 15.0 Å². The first-order chi connectivity index (χ1) is 10.1. The Balaban J connectivity index is 2.23. The van der Waals surface area contributed by atoms with E-state index >= 15 is 0 Å². The van der Waals surface area contributed by atoms with Crippen LogP contribution < -0.4 is 5.73 Å². The maximum absolute atomic E-state index is 11.7. The Morgan fingerprint density at radius 1 is 1.43 bits per heavy atom. The van der Waals surface area contributed by atoms with Crippen molar-refractivity contribution < 1.29 is 9.53 Å². The number of carbonyl (C=O) groups excluding carboxylic acids is 1. The van der Waals surface area contributed by atoms with Gasteiger partial charge in [-0.15, -0.1) is 0 Å². The van der Waals surface area contributed by atoms with Crippen LogP contribution in [0.15, 0.2) is 24.3 Å². The predicted octanol–water partition coefficient (Wildman–Crippen LogP) is 2.37. The first kappa shape index (κ1) is 15.1. The number of ether oxygens (including phenoxy) is 1. The second-order valence-electron chi connectivity index (χ2n) is 5.00. The van der Waals surface area contributed by atoms with E-state index in [4.69, 9.17) is 10.5 Å². The van der Waals surface area contributed by atoms with Gasteiger partial charge in [0.1, 0.15) is 11.6 Å². The second-order valence-corrected chi connectivity index (χ2v) is 5.00. The molecule has 2 aromatic rings. The minimum absolute atomic E-state index is 0.207. The van der Waals surface area contributed by atoms with Crippen molar-refractivity contribution in [2.75, 3.05) is 12.8 Å². The third kappa shape index (κ3) is 3.24. The number of nitrogens with zero attached hydrogens (tertiary/aromatic N) is 2. The predicted molar refractivity (Wildman–Crippen MR) is 82.2 cm³/mol. The third-order valence-corrected chi connectivity index (χ3v) is 3.49. The molecule has 0 fully saturated rings. The van der Waals surface area contributed by atoms with Gasteiger partial charge in [-0.2, -0.15) is 0 Å². The highest BCUT2D eigenvalue weighted by Gasteiger charge is 2.19. The van der Waals surface area contributed by atoms with Crippen LogP contribution in [0.4, 0.5) is 5.82 Å². The molecule has 1 aromatic carbocycles. The molecule has 0 bridgehead atoms. The fraction of sp³-hybridized carbons (Fsp3) is 0.375. The number of aryl methyl sites for hydroxylation is 3. The molecule has 0 atom stereocenters. The fourth-order valence-corrected chi connectivity index (χ4v) is 2.39. The monoisotopic (exact) mass is 287 g/mol. The molecule has 0 amide bonds. The number of esters is 1. The van der Waals surface area contributed by atoms with E-state index in [9.17, 15) is 4.79 Å². The maximum atomic E-state index is 11.7. The Hall–Kier alpha value is -2.30. The summed E-state index contributed by atoms with van der Waals surface area (Å²) in [6.45, 7) is 4.76. The number of methoxy groups -OCH3 is 1. The Labute approximate surface area is 124 Å². The van der Waals surface area contributed by atoms with Gasteiger partial charge in [-0.3, -0.25) is 0 Å². The molecule has 1 aromatic heterocycles. The zero-order chi connectivity index (χ0) is 15.4. The lowest BCUT2D eigenvalue weighted by molar-refractivity contribution is 0.0595. The van der Waals surface area contributed by atoms with Crippen molar-refractivity contribution in [1.82, 2.24) is 9.55 Å². The number of imidazole rings is 1. The standard InChI is InChI=1S/C16H21N3O2/c1-4-13-18-14(16(20)21-3)15(17)19(13)9-8-12-7-5-6-11(2)10-12/h5-7,10H,4,8-9,17H2,1-3H3. The summed E-state index contributed by atoms with van der Waals surface area (Å²) in [6, 6.07) is 8.36. The zero-order valence-electron chi connectivity index (χ0n) is 12.7. The Bertz CT molecular complexity index is 647. The van der Waals surface area contributed by atoms with Crippen LogP contribution in [0.1, 0.15) is 34.4 Å². The number of benzene rings is 1. The summed E-state index contributed by atoms with van der Waals surface area (Å²) in [5.41, 5.74) is 8.73. The summed E-state index contributed by atoms with van der Waals surface area (Å²) in [5, 5.41) is 0.